The van der Waals surface area contributed by atoms with Gasteiger partial charge in [-0.05, 0) is 0 Å². The first-order chi connectivity index (χ1) is 13.0. The number of rotatable bonds is 8. The van der Waals surface area contributed by atoms with E-state index in [1.165, 1.54) is 5.56 Å². The van der Waals surface area contributed by atoms with Gasteiger partial charge in [0.25, 0.3) is 0 Å². The molecule has 3 unspecified atom stereocenters. The summed E-state index contributed by atoms with van der Waals surface area (Å²) >= 11 is -0.549. The molecular weight excluding hydrogens is 403 g/mol. The van der Waals surface area contributed by atoms with Crippen molar-refractivity contribution in [2.75, 3.05) is 5.32 Å². The summed E-state index contributed by atoms with van der Waals surface area (Å²) in [5.41, 5.74) is 2.97. The molecule has 8 heteroatoms. The zero-order valence-electron chi connectivity index (χ0n) is 16.2. The summed E-state index contributed by atoms with van der Waals surface area (Å²) in [5, 5.41) is 14.2. The van der Waals surface area contributed by atoms with Crippen molar-refractivity contribution in [3.63, 3.8) is 0 Å². The predicted molar refractivity (Wildman–Crippen MR) is 110 cm³/mol. The Labute approximate surface area is 166 Å². The molecule has 0 aromatic carbocycles. The number of hydrogen-bond donors (Lipinski definition) is 2. The van der Waals surface area contributed by atoms with Gasteiger partial charge in [0.1, 0.15) is 0 Å². The van der Waals surface area contributed by atoms with Crippen molar-refractivity contribution in [1.29, 1.82) is 0 Å². The fourth-order valence-electron chi connectivity index (χ4n) is 2.90. The Morgan fingerprint density at radius 3 is 2.70 bits per heavy atom. The minimum absolute atomic E-state index is 0.0796. The number of imidazole rings is 1. The number of anilines is 1. The third-order valence-corrected chi connectivity index (χ3v) is 7.16. The molecular formula is C19H27AsN6O. The molecule has 7 nitrogen and oxygen atoms in total. The predicted octanol–water partition coefficient (Wildman–Crippen LogP) is 1.64. The van der Waals surface area contributed by atoms with Crippen LogP contribution < -0.4 is 9.80 Å². The second-order valence-corrected chi connectivity index (χ2v) is 9.41. The Balaban J connectivity index is 1.96. The van der Waals surface area contributed by atoms with E-state index in [0.29, 0.717) is 5.95 Å². The molecule has 0 saturated carbocycles. The van der Waals surface area contributed by atoms with Crippen molar-refractivity contribution in [3.8, 4) is 0 Å². The molecule has 0 bridgehead atoms. The second-order valence-electron chi connectivity index (χ2n) is 6.93. The number of aliphatic hydroxyl groups excluding tert-OH is 1. The molecule has 3 rings (SSSR count). The fourth-order valence-corrected chi connectivity index (χ4v) is 5.23. The van der Waals surface area contributed by atoms with Crippen LogP contribution in [-0.4, -0.2) is 57.5 Å². The number of nitrogens with one attached hydrogen (secondary N) is 1. The molecule has 3 heterocycles. The van der Waals surface area contributed by atoms with Crippen LogP contribution in [0.4, 0.5) is 5.95 Å². The SMILES string of the molecule is CCC(Nc1nc([AsH]Cc2cccnc2)c2ncn(C(C)C)c2n1)C(C)O. The van der Waals surface area contributed by atoms with Gasteiger partial charge in [0.05, 0.1) is 0 Å². The molecule has 3 atom stereocenters. The van der Waals surface area contributed by atoms with Crippen molar-refractivity contribution in [1.82, 2.24) is 24.5 Å². The van der Waals surface area contributed by atoms with Crippen LogP contribution in [-0.2, 0) is 5.21 Å². The van der Waals surface area contributed by atoms with Gasteiger partial charge in [-0.2, -0.15) is 0 Å². The van der Waals surface area contributed by atoms with E-state index in [2.05, 4.69) is 39.8 Å². The monoisotopic (exact) mass is 430 g/mol. The summed E-state index contributed by atoms with van der Waals surface area (Å²) < 4.78 is 3.11. The third-order valence-electron chi connectivity index (χ3n) is 4.50. The molecule has 0 aliphatic heterocycles. The molecule has 0 saturated heterocycles. The number of pyridine rings is 1. The van der Waals surface area contributed by atoms with E-state index in [0.717, 1.165) is 27.3 Å². The van der Waals surface area contributed by atoms with Crippen LogP contribution in [0.3, 0.4) is 0 Å². The van der Waals surface area contributed by atoms with Crippen molar-refractivity contribution in [2.24, 2.45) is 0 Å². The molecule has 0 radical (unpaired) electrons. The number of hydrogen-bond acceptors (Lipinski definition) is 6. The van der Waals surface area contributed by atoms with Crippen molar-refractivity contribution >= 4 is 37.3 Å². The molecule has 0 aliphatic carbocycles. The molecule has 144 valence electrons. The van der Waals surface area contributed by atoms with Gasteiger partial charge in [0.2, 0.25) is 0 Å². The summed E-state index contributed by atoms with van der Waals surface area (Å²) in [6, 6.07) is 4.25. The van der Waals surface area contributed by atoms with Gasteiger partial charge < -0.3 is 0 Å². The normalized spacial score (nSPS) is 14.3. The van der Waals surface area contributed by atoms with E-state index >= 15 is 0 Å². The second kappa shape index (κ2) is 8.80. The zero-order chi connectivity index (χ0) is 19.4. The number of nitrogens with zero attached hydrogens (tertiary/aromatic N) is 5. The van der Waals surface area contributed by atoms with Gasteiger partial charge in [-0.25, -0.2) is 0 Å². The number of aromatic nitrogens is 5. The first-order valence-corrected chi connectivity index (χ1v) is 11.8. The molecule has 0 spiro atoms. The standard InChI is InChI=1S/C19H27AsN6O/c1-5-15(13(4)27)23-19-24-17(20-9-14-7-6-8-21-10-14)16-18(25-19)26(11-22-16)12(2)3/h6-8,10-13,15,20,27H,5,9H2,1-4H3,(H,23,24,25). The summed E-state index contributed by atoms with van der Waals surface area (Å²) in [4.78, 5) is 18.3. The van der Waals surface area contributed by atoms with Gasteiger partial charge in [0.15, 0.2) is 0 Å². The van der Waals surface area contributed by atoms with Crippen LogP contribution in [0.5, 0.6) is 0 Å². The molecule has 3 aromatic heterocycles. The maximum absolute atomic E-state index is 9.98. The quantitative estimate of drug-likeness (QED) is 0.529. The van der Waals surface area contributed by atoms with E-state index in [-0.39, 0.29) is 12.1 Å². The van der Waals surface area contributed by atoms with Crippen molar-refractivity contribution < 1.29 is 5.11 Å². The number of aliphatic hydroxyl groups is 1. The van der Waals surface area contributed by atoms with Crippen LogP contribution in [0.1, 0.15) is 45.7 Å². The summed E-state index contributed by atoms with van der Waals surface area (Å²) in [6.07, 6.45) is 5.87. The van der Waals surface area contributed by atoms with Crippen LogP contribution in [0.25, 0.3) is 11.2 Å². The minimum atomic E-state index is -0.549. The topological polar surface area (TPSA) is 88.8 Å². The average Bonchev–Trinajstić information content (AvgIpc) is 3.09. The molecule has 2 N–H and O–H groups in total. The molecule has 3 aromatic rings. The first-order valence-electron chi connectivity index (χ1n) is 9.31. The average molecular weight is 430 g/mol. The van der Waals surface area contributed by atoms with Crippen molar-refractivity contribution in [2.45, 2.75) is 57.5 Å². The summed E-state index contributed by atoms with van der Waals surface area (Å²) in [7, 11) is 0. The maximum atomic E-state index is 9.98. The van der Waals surface area contributed by atoms with E-state index in [1.807, 2.05) is 25.5 Å². The first kappa shape index (κ1) is 19.8. The Bertz CT molecular complexity index is 881. The molecule has 0 aliphatic rings. The van der Waals surface area contributed by atoms with Gasteiger partial charge in [0, 0.05) is 0 Å². The van der Waals surface area contributed by atoms with Gasteiger partial charge in [-0.3, -0.25) is 0 Å². The van der Waals surface area contributed by atoms with Gasteiger partial charge in [-0.1, -0.05) is 0 Å². The Kier molecular flexibility index (Phi) is 6.45. The molecule has 0 fully saturated rings. The van der Waals surface area contributed by atoms with Gasteiger partial charge in [-0.15, -0.1) is 0 Å². The Morgan fingerprint density at radius 2 is 2.07 bits per heavy atom. The van der Waals surface area contributed by atoms with E-state index < -0.39 is 21.9 Å². The van der Waals surface area contributed by atoms with E-state index in [1.54, 1.807) is 13.1 Å². The van der Waals surface area contributed by atoms with Crippen LogP contribution >= 0.6 is 0 Å². The molecule has 27 heavy (non-hydrogen) atoms. The van der Waals surface area contributed by atoms with Crippen LogP contribution in [0.2, 0.25) is 0 Å². The number of fused-ring (bicyclic) bond motifs is 1. The summed E-state index contributed by atoms with van der Waals surface area (Å²) in [5.74, 6) is 0.572. The summed E-state index contributed by atoms with van der Waals surface area (Å²) in [6.45, 7) is 8.06. The van der Waals surface area contributed by atoms with Gasteiger partial charge >= 0.3 is 166 Å². The van der Waals surface area contributed by atoms with Crippen molar-refractivity contribution in [3.05, 3.63) is 36.4 Å². The Morgan fingerprint density at radius 1 is 1.26 bits per heavy atom. The van der Waals surface area contributed by atoms with E-state index in [4.69, 9.17) is 9.97 Å². The van der Waals surface area contributed by atoms with Crippen LogP contribution in [0.15, 0.2) is 30.9 Å². The fraction of sp³-hybridized carbons (Fsp3) is 0.474. The third kappa shape index (κ3) is 4.65. The zero-order valence-corrected chi connectivity index (χ0v) is 18.3. The molecule has 0 amide bonds. The van der Waals surface area contributed by atoms with Crippen LogP contribution in [0, 0.1) is 0 Å². The van der Waals surface area contributed by atoms with E-state index in [9.17, 15) is 5.11 Å². The Hall–Kier alpha value is -1.98.